The zero-order valence-corrected chi connectivity index (χ0v) is 13.4. The molecule has 1 atom stereocenters. The number of benzene rings is 1. The van der Waals surface area contributed by atoms with Gasteiger partial charge in [0.05, 0.1) is 10.6 Å². The van der Waals surface area contributed by atoms with Crippen LogP contribution in [-0.2, 0) is 10.0 Å². The van der Waals surface area contributed by atoms with Gasteiger partial charge in [0.1, 0.15) is 4.90 Å². The molecule has 0 spiro atoms. The highest BCUT2D eigenvalue weighted by molar-refractivity contribution is 7.99. The molecular formula is C12H17N3O4S2. The first-order valence-electron chi connectivity index (χ1n) is 6.43. The van der Waals surface area contributed by atoms with Crippen molar-refractivity contribution >= 4 is 33.2 Å². The maximum absolute atomic E-state index is 12.8. The van der Waals surface area contributed by atoms with Crippen LogP contribution >= 0.6 is 11.8 Å². The Hall–Kier alpha value is -1.32. The van der Waals surface area contributed by atoms with Gasteiger partial charge in [-0.25, -0.2) is 8.42 Å². The summed E-state index contributed by atoms with van der Waals surface area (Å²) in [7, 11) is -2.11. The van der Waals surface area contributed by atoms with Crippen LogP contribution in [0.25, 0.3) is 0 Å². The highest BCUT2D eigenvalue weighted by Gasteiger charge is 2.33. The quantitative estimate of drug-likeness (QED) is 0.667. The molecule has 1 aromatic carbocycles. The van der Waals surface area contributed by atoms with Crippen LogP contribution in [0.15, 0.2) is 23.1 Å². The van der Waals surface area contributed by atoms with Crippen molar-refractivity contribution in [1.29, 1.82) is 0 Å². The molecule has 0 amide bonds. The molecule has 116 valence electrons. The van der Waals surface area contributed by atoms with Crippen LogP contribution in [0.4, 0.5) is 11.4 Å². The Morgan fingerprint density at radius 2 is 2.19 bits per heavy atom. The lowest BCUT2D eigenvalue weighted by Crippen LogP contribution is -2.44. The fourth-order valence-corrected chi connectivity index (χ4v) is 5.28. The van der Waals surface area contributed by atoms with Gasteiger partial charge in [0, 0.05) is 43.3 Å². The summed E-state index contributed by atoms with van der Waals surface area (Å²) in [5, 5.41) is 13.5. The molecule has 1 aliphatic rings. The zero-order chi connectivity index (χ0) is 15.6. The molecule has 1 saturated heterocycles. The average molecular weight is 331 g/mol. The third-order valence-electron chi connectivity index (χ3n) is 3.34. The van der Waals surface area contributed by atoms with Gasteiger partial charge in [-0.05, 0) is 13.0 Å². The third kappa shape index (κ3) is 3.14. The van der Waals surface area contributed by atoms with Gasteiger partial charge in [-0.15, -0.1) is 0 Å². The normalized spacial score (nSPS) is 20.2. The van der Waals surface area contributed by atoms with E-state index in [2.05, 4.69) is 5.32 Å². The molecule has 1 aliphatic heterocycles. The van der Waals surface area contributed by atoms with Crippen molar-refractivity contribution in [2.24, 2.45) is 0 Å². The number of anilines is 1. The Morgan fingerprint density at radius 3 is 2.76 bits per heavy atom. The molecule has 0 aliphatic carbocycles. The number of nitrogens with zero attached hydrogens (tertiary/aromatic N) is 2. The SMILES string of the molecule is CNc1cc([N+](=O)[O-])ccc1S(=O)(=O)N1CCSCC1C. The fourth-order valence-electron chi connectivity index (χ4n) is 2.25. The number of nitrogens with one attached hydrogen (secondary N) is 1. The van der Waals surface area contributed by atoms with E-state index in [-0.39, 0.29) is 22.3 Å². The van der Waals surface area contributed by atoms with Crippen LogP contribution in [0, 0.1) is 10.1 Å². The van der Waals surface area contributed by atoms with Gasteiger partial charge >= 0.3 is 0 Å². The topological polar surface area (TPSA) is 92.5 Å². The number of thioether (sulfide) groups is 1. The van der Waals surface area contributed by atoms with Crippen molar-refractivity contribution in [3.05, 3.63) is 28.3 Å². The van der Waals surface area contributed by atoms with Crippen molar-refractivity contribution in [3.63, 3.8) is 0 Å². The predicted molar refractivity (Wildman–Crippen MR) is 83.3 cm³/mol. The molecule has 9 heteroatoms. The second-order valence-corrected chi connectivity index (χ2v) is 7.74. The van der Waals surface area contributed by atoms with Crippen molar-refractivity contribution in [2.75, 3.05) is 30.4 Å². The molecule has 7 nitrogen and oxygen atoms in total. The predicted octanol–water partition coefficient (Wildman–Crippen LogP) is 1.76. The average Bonchev–Trinajstić information content (AvgIpc) is 2.46. The smallest absolute Gasteiger partial charge is 0.271 e. The van der Waals surface area contributed by atoms with Crippen LogP contribution in [-0.4, -0.2) is 48.8 Å². The number of nitro groups is 1. The van der Waals surface area contributed by atoms with E-state index in [1.807, 2.05) is 6.92 Å². The van der Waals surface area contributed by atoms with Crippen molar-refractivity contribution in [1.82, 2.24) is 4.31 Å². The summed E-state index contributed by atoms with van der Waals surface area (Å²) in [6.45, 7) is 2.32. The minimum atomic E-state index is -3.66. The van der Waals surface area contributed by atoms with Crippen molar-refractivity contribution in [3.8, 4) is 0 Å². The van der Waals surface area contributed by atoms with E-state index >= 15 is 0 Å². The molecule has 21 heavy (non-hydrogen) atoms. The molecular weight excluding hydrogens is 314 g/mol. The summed E-state index contributed by atoms with van der Waals surface area (Å²) >= 11 is 1.72. The molecule has 2 rings (SSSR count). The second-order valence-electron chi connectivity index (χ2n) is 4.73. The largest absolute Gasteiger partial charge is 0.387 e. The summed E-state index contributed by atoms with van der Waals surface area (Å²) in [5.41, 5.74) is 0.107. The number of nitro benzene ring substituents is 1. The molecule has 1 unspecified atom stereocenters. The number of rotatable bonds is 4. The highest BCUT2D eigenvalue weighted by atomic mass is 32.2. The van der Waals surface area contributed by atoms with Crippen LogP contribution < -0.4 is 5.32 Å². The molecule has 1 heterocycles. The van der Waals surface area contributed by atoms with Gasteiger partial charge in [-0.3, -0.25) is 10.1 Å². The van der Waals surface area contributed by atoms with Gasteiger partial charge in [0.15, 0.2) is 0 Å². The lowest BCUT2D eigenvalue weighted by Gasteiger charge is -2.32. The van der Waals surface area contributed by atoms with Crippen LogP contribution in [0.2, 0.25) is 0 Å². The van der Waals surface area contributed by atoms with Gasteiger partial charge in [0.2, 0.25) is 10.0 Å². The number of hydrogen-bond acceptors (Lipinski definition) is 6. The first-order valence-corrected chi connectivity index (χ1v) is 9.03. The second kappa shape index (κ2) is 6.20. The van der Waals surface area contributed by atoms with Crippen molar-refractivity contribution in [2.45, 2.75) is 17.9 Å². The van der Waals surface area contributed by atoms with E-state index in [1.54, 1.807) is 18.8 Å². The monoisotopic (exact) mass is 331 g/mol. The molecule has 1 N–H and O–H groups in total. The van der Waals surface area contributed by atoms with E-state index in [9.17, 15) is 18.5 Å². The number of non-ortho nitro benzene ring substituents is 1. The summed E-state index contributed by atoms with van der Waals surface area (Å²) in [5.74, 6) is 1.51. The molecule has 0 bridgehead atoms. The van der Waals surface area contributed by atoms with E-state index in [0.717, 1.165) is 11.5 Å². The number of sulfonamides is 1. The molecule has 0 saturated carbocycles. The first kappa shape index (κ1) is 16.1. The van der Waals surface area contributed by atoms with Gasteiger partial charge in [-0.1, -0.05) is 0 Å². The Labute approximate surface area is 127 Å². The van der Waals surface area contributed by atoms with Crippen LogP contribution in [0.1, 0.15) is 6.92 Å². The molecule has 1 aromatic rings. The number of hydrogen-bond donors (Lipinski definition) is 1. The summed E-state index contributed by atoms with van der Waals surface area (Å²) < 4.78 is 27.0. The van der Waals surface area contributed by atoms with E-state index < -0.39 is 14.9 Å². The van der Waals surface area contributed by atoms with Gasteiger partial charge in [-0.2, -0.15) is 16.1 Å². The standard InChI is InChI=1S/C12H17N3O4S2/c1-9-8-20-6-5-14(9)21(18,19)12-4-3-10(15(16)17)7-11(12)13-2/h3-4,7,9,13H,5-6,8H2,1-2H3. The van der Waals surface area contributed by atoms with Crippen LogP contribution in [0.3, 0.4) is 0 Å². The zero-order valence-electron chi connectivity index (χ0n) is 11.8. The van der Waals surface area contributed by atoms with E-state index in [0.29, 0.717) is 6.54 Å². The molecule has 0 radical (unpaired) electrons. The third-order valence-corrected chi connectivity index (χ3v) is 6.60. The molecule has 1 fully saturated rings. The van der Waals surface area contributed by atoms with E-state index in [1.165, 1.54) is 22.5 Å². The summed E-state index contributed by atoms with van der Waals surface area (Å²) in [4.78, 5) is 10.3. The first-order chi connectivity index (χ1) is 9.87. The van der Waals surface area contributed by atoms with Gasteiger partial charge < -0.3 is 5.32 Å². The maximum atomic E-state index is 12.8. The Morgan fingerprint density at radius 1 is 1.48 bits per heavy atom. The van der Waals surface area contributed by atoms with Crippen molar-refractivity contribution < 1.29 is 13.3 Å². The maximum Gasteiger partial charge on any atom is 0.271 e. The van der Waals surface area contributed by atoms with E-state index in [4.69, 9.17) is 0 Å². The highest BCUT2D eigenvalue weighted by Crippen LogP contribution is 2.31. The summed E-state index contributed by atoms with van der Waals surface area (Å²) in [6.07, 6.45) is 0. The Balaban J connectivity index is 2.46. The lowest BCUT2D eigenvalue weighted by molar-refractivity contribution is -0.384. The summed E-state index contributed by atoms with van der Waals surface area (Å²) in [6, 6.07) is 3.68. The molecule has 0 aromatic heterocycles. The fraction of sp³-hybridized carbons (Fsp3) is 0.500. The minimum absolute atomic E-state index is 0.0781. The minimum Gasteiger partial charge on any atom is -0.387 e. The lowest BCUT2D eigenvalue weighted by atomic mass is 10.3. The van der Waals surface area contributed by atoms with Gasteiger partial charge in [0.25, 0.3) is 5.69 Å². The Bertz CT molecular complexity index is 648. The Kier molecular flexibility index (Phi) is 4.74. The van der Waals surface area contributed by atoms with Crippen LogP contribution in [0.5, 0.6) is 0 Å².